The molecule has 27 heavy (non-hydrogen) atoms. The number of aryl methyl sites for hydroxylation is 1. The number of fused-ring (bicyclic) bond motifs is 1. The van der Waals surface area contributed by atoms with Gasteiger partial charge in [-0.05, 0) is 23.8 Å². The molecule has 1 heterocycles. The zero-order valence-electron chi connectivity index (χ0n) is 15.9. The van der Waals surface area contributed by atoms with E-state index in [9.17, 15) is 9.90 Å². The van der Waals surface area contributed by atoms with E-state index in [4.69, 9.17) is 4.74 Å². The van der Waals surface area contributed by atoms with E-state index in [0.717, 1.165) is 16.5 Å². The third kappa shape index (κ3) is 4.46. The van der Waals surface area contributed by atoms with Crippen molar-refractivity contribution in [1.29, 1.82) is 0 Å². The van der Waals surface area contributed by atoms with Crippen LogP contribution in [0.4, 0.5) is 0 Å². The second kappa shape index (κ2) is 7.80. The average molecular weight is 367 g/mol. The molecule has 1 aromatic heterocycles. The Balaban J connectivity index is 1.80. The number of hydrogen-bond donors (Lipinski definition) is 2. The molecule has 0 aliphatic rings. The van der Waals surface area contributed by atoms with Crippen LogP contribution >= 0.6 is 0 Å². The molecule has 6 nitrogen and oxygen atoms in total. The molecular formula is C21H25N3O3. The van der Waals surface area contributed by atoms with Gasteiger partial charge in [0, 0.05) is 31.0 Å². The van der Waals surface area contributed by atoms with Crippen molar-refractivity contribution in [3.8, 4) is 5.75 Å². The van der Waals surface area contributed by atoms with Gasteiger partial charge >= 0.3 is 0 Å². The molecule has 2 aromatic carbocycles. The Labute approximate surface area is 158 Å². The molecule has 1 amide bonds. The topological polar surface area (TPSA) is 76.4 Å². The molecule has 0 spiro atoms. The second-order valence-corrected chi connectivity index (χ2v) is 7.43. The van der Waals surface area contributed by atoms with Crippen LogP contribution in [0.2, 0.25) is 0 Å². The number of aliphatic hydroxyl groups excluding tert-OH is 1. The summed E-state index contributed by atoms with van der Waals surface area (Å²) in [6.45, 7) is 4.61. The SMILES string of the molecule is Cn1nc2ccc(OCc3ccccc3)cc2c1C(=O)NCC(C)(C)CO. The number of carbonyl (C=O) groups is 1. The third-order valence-corrected chi connectivity index (χ3v) is 4.42. The highest BCUT2D eigenvalue weighted by molar-refractivity contribution is 6.05. The lowest BCUT2D eigenvalue weighted by Crippen LogP contribution is -2.36. The molecule has 0 aliphatic heterocycles. The molecular weight excluding hydrogens is 342 g/mol. The fourth-order valence-corrected chi connectivity index (χ4v) is 2.74. The summed E-state index contributed by atoms with van der Waals surface area (Å²) in [6, 6.07) is 15.5. The summed E-state index contributed by atoms with van der Waals surface area (Å²) in [5.41, 5.74) is 1.90. The summed E-state index contributed by atoms with van der Waals surface area (Å²) in [5.74, 6) is 0.464. The van der Waals surface area contributed by atoms with Gasteiger partial charge in [0.2, 0.25) is 0 Å². The Hall–Kier alpha value is -2.86. The molecule has 0 atom stereocenters. The van der Waals surface area contributed by atoms with Crippen LogP contribution in [0.1, 0.15) is 29.9 Å². The summed E-state index contributed by atoms with van der Waals surface area (Å²) in [7, 11) is 1.75. The highest BCUT2D eigenvalue weighted by Gasteiger charge is 2.21. The third-order valence-electron chi connectivity index (χ3n) is 4.42. The van der Waals surface area contributed by atoms with Crippen LogP contribution < -0.4 is 10.1 Å². The molecule has 3 rings (SSSR count). The van der Waals surface area contributed by atoms with Crippen LogP contribution in [0.25, 0.3) is 10.9 Å². The van der Waals surface area contributed by atoms with Crippen molar-refractivity contribution in [2.24, 2.45) is 12.5 Å². The van der Waals surface area contributed by atoms with Gasteiger partial charge in [-0.15, -0.1) is 0 Å². The van der Waals surface area contributed by atoms with Gasteiger partial charge in [-0.3, -0.25) is 9.48 Å². The fourth-order valence-electron chi connectivity index (χ4n) is 2.74. The van der Waals surface area contributed by atoms with E-state index < -0.39 is 0 Å². The van der Waals surface area contributed by atoms with E-state index in [-0.39, 0.29) is 17.9 Å². The van der Waals surface area contributed by atoms with Gasteiger partial charge in [0.1, 0.15) is 18.1 Å². The second-order valence-electron chi connectivity index (χ2n) is 7.43. The van der Waals surface area contributed by atoms with Crippen molar-refractivity contribution in [1.82, 2.24) is 15.1 Å². The predicted molar refractivity (Wildman–Crippen MR) is 105 cm³/mol. The molecule has 0 fully saturated rings. The van der Waals surface area contributed by atoms with Crippen molar-refractivity contribution in [3.05, 3.63) is 59.8 Å². The number of amides is 1. The Morgan fingerprint density at radius 3 is 2.67 bits per heavy atom. The summed E-state index contributed by atoms with van der Waals surface area (Å²) >= 11 is 0. The van der Waals surface area contributed by atoms with Crippen LogP contribution in [0.5, 0.6) is 5.75 Å². The maximum absolute atomic E-state index is 12.7. The zero-order valence-corrected chi connectivity index (χ0v) is 15.9. The van der Waals surface area contributed by atoms with E-state index in [1.165, 1.54) is 0 Å². The summed E-state index contributed by atoms with van der Waals surface area (Å²) in [4.78, 5) is 12.7. The summed E-state index contributed by atoms with van der Waals surface area (Å²) < 4.78 is 7.45. The first-order valence-corrected chi connectivity index (χ1v) is 8.92. The lowest BCUT2D eigenvalue weighted by atomic mass is 9.95. The van der Waals surface area contributed by atoms with Gasteiger partial charge < -0.3 is 15.2 Å². The highest BCUT2D eigenvalue weighted by atomic mass is 16.5. The Morgan fingerprint density at radius 1 is 1.22 bits per heavy atom. The van der Waals surface area contributed by atoms with E-state index >= 15 is 0 Å². The largest absolute Gasteiger partial charge is 0.489 e. The summed E-state index contributed by atoms with van der Waals surface area (Å²) in [5, 5.41) is 17.4. The highest BCUT2D eigenvalue weighted by Crippen LogP contribution is 2.24. The fraction of sp³-hybridized carbons (Fsp3) is 0.333. The molecule has 6 heteroatoms. The van der Waals surface area contributed by atoms with Crippen LogP contribution in [0, 0.1) is 5.41 Å². The maximum Gasteiger partial charge on any atom is 0.270 e. The normalized spacial score (nSPS) is 11.6. The van der Waals surface area contributed by atoms with E-state index in [2.05, 4.69) is 10.4 Å². The quantitative estimate of drug-likeness (QED) is 0.673. The number of ether oxygens (including phenoxy) is 1. The van der Waals surface area contributed by atoms with Crippen molar-refractivity contribution in [3.63, 3.8) is 0 Å². The molecule has 0 radical (unpaired) electrons. The molecule has 3 aromatic rings. The van der Waals surface area contributed by atoms with Gasteiger partial charge in [0.25, 0.3) is 5.91 Å². The molecule has 0 unspecified atom stereocenters. The molecule has 2 N–H and O–H groups in total. The van der Waals surface area contributed by atoms with E-state index in [1.807, 2.05) is 62.4 Å². The maximum atomic E-state index is 12.7. The van der Waals surface area contributed by atoms with Crippen molar-refractivity contribution < 1.29 is 14.6 Å². The number of aliphatic hydroxyl groups is 1. The van der Waals surface area contributed by atoms with Crippen molar-refractivity contribution in [2.75, 3.05) is 13.2 Å². The predicted octanol–water partition coefficient (Wildman–Crippen LogP) is 2.90. The van der Waals surface area contributed by atoms with Gasteiger partial charge in [0.05, 0.1) is 5.52 Å². The van der Waals surface area contributed by atoms with Gasteiger partial charge in [-0.1, -0.05) is 44.2 Å². The number of aromatic nitrogens is 2. The van der Waals surface area contributed by atoms with Crippen molar-refractivity contribution >= 4 is 16.8 Å². The zero-order chi connectivity index (χ0) is 19.4. The van der Waals surface area contributed by atoms with E-state index in [1.54, 1.807) is 11.7 Å². The number of carbonyl (C=O) groups excluding carboxylic acids is 1. The monoisotopic (exact) mass is 367 g/mol. The Kier molecular flexibility index (Phi) is 5.46. The lowest BCUT2D eigenvalue weighted by Gasteiger charge is -2.21. The first-order valence-electron chi connectivity index (χ1n) is 8.92. The van der Waals surface area contributed by atoms with Gasteiger partial charge in [-0.2, -0.15) is 5.10 Å². The molecule has 0 bridgehead atoms. The van der Waals surface area contributed by atoms with Gasteiger partial charge in [0.15, 0.2) is 0 Å². The molecule has 142 valence electrons. The Morgan fingerprint density at radius 2 is 1.96 bits per heavy atom. The number of benzene rings is 2. The molecule has 0 saturated carbocycles. The van der Waals surface area contributed by atoms with Crippen LogP contribution in [0.15, 0.2) is 48.5 Å². The number of rotatable bonds is 7. The van der Waals surface area contributed by atoms with Crippen molar-refractivity contribution in [2.45, 2.75) is 20.5 Å². The number of nitrogens with one attached hydrogen (secondary N) is 1. The molecule has 0 aliphatic carbocycles. The van der Waals surface area contributed by atoms with Crippen LogP contribution in [0.3, 0.4) is 0 Å². The van der Waals surface area contributed by atoms with Crippen LogP contribution in [-0.4, -0.2) is 33.9 Å². The number of hydrogen-bond acceptors (Lipinski definition) is 4. The number of nitrogens with zero attached hydrogens (tertiary/aromatic N) is 2. The minimum absolute atomic E-state index is 0.00309. The minimum atomic E-state index is -0.381. The average Bonchev–Trinajstić information content (AvgIpc) is 3.00. The van der Waals surface area contributed by atoms with E-state index in [0.29, 0.717) is 24.6 Å². The first-order chi connectivity index (χ1) is 12.9. The molecule has 0 saturated heterocycles. The van der Waals surface area contributed by atoms with Crippen LogP contribution in [-0.2, 0) is 13.7 Å². The smallest absolute Gasteiger partial charge is 0.270 e. The standard InChI is InChI=1S/C21H25N3O3/c1-21(2,14-25)13-22-20(26)19-17-11-16(9-10-18(17)23-24(19)3)27-12-15-7-5-4-6-8-15/h4-11,25H,12-14H2,1-3H3,(H,22,26). The minimum Gasteiger partial charge on any atom is -0.489 e. The first kappa shape index (κ1) is 18.9. The summed E-state index contributed by atoms with van der Waals surface area (Å²) in [6.07, 6.45) is 0. The Bertz CT molecular complexity index is 932. The van der Waals surface area contributed by atoms with Gasteiger partial charge in [-0.25, -0.2) is 0 Å². The lowest BCUT2D eigenvalue weighted by molar-refractivity contribution is 0.0903.